The normalized spacial score (nSPS) is 17.8. The fraction of sp³-hybridized carbons (Fsp3) is 0.537. The van der Waals surface area contributed by atoms with E-state index in [4.69, 9.17) is 36.3 Å². The van der Waals surface area contributed by atoms with Gasteiger partial charge in [-0.05, 0) is 63.0 Å². The molecule has 17 nitrogen and oxygen atoms in total. The zero-order valence-corrected chi connectivity index (χ0v) is 37.1. The van der Waals surface area contributed by atoms with Crippen LogP contribution in [-0.2, 0) is 42.0 Å². The summed E-state index contributed by atoms with van der Waals surface area (Å²) in [6.07, 6.45) is -0.437. The second kappa shape index (κ2) is 16.2. The molecule has 1 unspecified atom stereocenters. The molecule has 0 amide bonds. The summed E-state index contributed by atoms with van der Waals surface area (Å²) in [4.78, 5) is 63.2. The summed E-state index contributed by atoms with van der Waals surface area (Å²) >= 11 is 0. The summed E-state index contributed by atoms with van der Waals surface area (Å²) in [5.74, 6) is -2.04. The second-order valence-corrected chi connectivity index (χ2v) is 22.4. The molecule has 1 aliphatic rings. The van der Waals surface area contributed by atoms with Crippen LogP contribution in [0.25, 0.3) is 11.2 Å². The summed E-state index contributed by atoms with van der Waals surface area (Å²) in [6, 6.07) is 3.75. The Morgan fingerprint density at radius 1 is 1.00 bits per heavy atom. The number of rotatable bonds is 13. The van der Waals surface area contributed by atoms with Crippen molar-refractivity contribution >= 4 is 31.4 Å². The van der Waals surface area contributed by atoms with Crippen molar-refractivity contribution < 1.29 is 50.3 Å². The van der Waals surface area contributed by atoms with Crippen LogP contribution in [0.2, 0.25) is 18.1 Å². The number of esters is 2. The number of carbonyl (C=O) groups excluding carboxylic acids is 2. The van der Waals surface area contributed by atoms with Crippen molar-refractivity contribution in [3.63, 3.8) is 0 Å². The molecular weight excluding hydrogens is 802 g/mol. The zero-order chi connectivity index (χ0) is 44.1. The fourth-order valence-electron chi connectivity index (χ4n) is 7.18. The number of aryl methyl sites for hydroxylation is 4. The molecule has 4 aromatic heterocycles. The SMILES string of the molecule is CC(=O)Oc1cc(C)cc(C)c1C(C)(C)CC(=O)OC1(CO[Si](C)(C)C(C)(C)C)CO[C@@H](n2cnc3/c(=N/Cc4oc(=O)oc4C)n(Cc4oc(=O)oc4C)c(F)nc32)C1. The van der Waals surface area contributed by atoms with Gasteiger partial charge in [0.25, 0.3) is 6.08 Å². The molecule has 0 aliphatic carbocycles. The minimum atomic E-state index is -2.39. The second-order valence-electron chi connectivity index (χ2n) is 17.6. The van der Waals surface area contributed by atoms with E-state index in [1.54, 1.807) is 6.07 Å². The summed E-state index contributed by atoms with van der Waals surface area (Å²) < 4.78 is 64.1. The zero-order valence-electron chi connectivity index (χ0n) is 36.1. The number of carbonyl (C=O) groups is 2. The third-order valence-corrected chi connectivity index (χ3v) is 15.7. The Morgan fingerprint density at radius 3 is 2.25 bits per heavy atom. The van der Waals surface area contributed by atoms with Crippen molar-refractivity contribution in [3.05, 3.63) is 91.0 Å². The Hall–Kier alpha value is -5.40. The van der Waals surface area contributed by atoms with Crippen molar-refractivity contribution in [1.29, 1.82) is 0 Å². The molecule has 0 saturated carbocycles. The summed E-state index contributed by atoms with van der Waals surface area (Å²) in [5, 5.41) is -0.165. The molecule has 0 N–H and O–H groups in total. The van der Waals surface area contributed by atoms with Gasteiger partial charge < -0.3 is 36.3 Å². The highest BCUT2D eigenvalue weighted by atomic mass is 28.4. The van der Waals surface area contributed by atoms with Gasteiger partial charge in [-0.15, -0.1) is 0 Å². The number of hydrogen-bond donors (Lipinski definition) is 0. The Morgan fingerprint density at radius 2 is 1.65 bits per heavy atom. The topological polar surface area (TPSA) is 206 Å². The molecule has 0 radical (unpaired) electrons. The van der Waals surface area contributed by atoms with Gasteiger partial charge in [0.05, 0.1) is 32.5 Å². The maximum atomic E-state index is 16.2. The van der Waals surface area contributed by atoms with E-state index in [1.165, 1.54) is 31.7 Å². The molecule has 19 heteroatoms. The van der Waals surface area contributed by atoms with E-state index in [0.29, 0.717) is 11.3 Å². The van der Waals surface area contributed by atoms with Crippen LogP contribution in [0.3, 0.4) is 0 Å². The first-order valence-corrected chi connectivity index (χ1v) is 22.4. The third-order valence-electron chi connectivity index (χ3n) is 11.2. The highest BCUT2D eigenvalue weighted by Gasteiger charge is 2.49. The van der Waals surface area contributed by atoms with Gasteiger partial charge in [-0.2, -0.15) is 9.37 Å². The molecule has 1 fully saturated rings. The quantitative estimate of drug-likeness (QED) is 0.0547. The van der Waals surface area contributed by atoms with E-state index >= 15 is 4.39 Å². The number of fused-ring (bicyclic) bond motifs is 1. The molecule has 1 saturated heterocycles. The first-order valence-electron chi connectivity index (χ1n) is 19.5. The van der Waals surface area contributed by atoms with Crippen LogP contribution >= 0.6 is 0 Å². The lowest BCUT2D eigenvalue weighted by Crippen LogP contribution is -2.48. The number of imidazole rings is 1. The molecule has 60 heavy (non-hydrogen) atoms. The molecule has 0 bridgehead atoms. The highest BCUT2D eigenvalue weighted by Crippen LogP contribution is 2.43. The van der Waals surface area contributed by atoms with Gasteiger partial charge in [-0.1, -0.05) is 40.7 Å². The van der Waals surface area contributed by atoms with Crippen molar-refractivity contribution in [2.75, 3.05) is 13.2 Å². The highest BCUT2D eigenvalue weighted by molar-refractivity contribution is 6.74. The molecule has 0 spiro atoms. The molecule has 324 valence electrons. The fourth-order valence-corrected chi connectivity index (χ4v) is 8.23. The lowest BCUT2D eigenvalue weighted by Gasteiger charge is -2.39. The van der Waals surface area contributed by atoms with E-state index in [-0.39, 0.29) is 83.9 Å². The van der Waals surface area contributed by atoms with E-state index in [2.05, 4.69) is 48.8 Å². The lowest BCUT2D eigenvalue weighted by molar-refractivity contribution is -0.165. The summed E-state index contributed by atoms with van der Waals surface area (Å²) in [5.41, 5.74) is 0.520. The van der Waals surface area contributed by atoms with Crippen LogP contribution < -0.4 is 21.9 Å². The molecular formula is C41H52FN5O12Si. The Balaban J connectivity index is 1.37. The van der Waals surface area contributed by atoms with E-state index in [1.807, 2.05) is 33.8 Å². The maximum absolute atomic E-state index is 16.2. The van der Waals surface area contributed by atoms with Crippen LogP contribution in [-0.4, -0.2) is 58.2 Å². The molecule has 6 rings (SSSR count). The number of aromatic nitrogens is 4. The number of halogens is 1. The lowest BCUT2D eigenvalue weighted by atomic mass is 9.78. The van der Waals surface area contributed by atoms with Crippen LogP contribution in [0.1, 0.15) is 100 Å². The Labute approximate surface area is 345 Å². The van der Waals surface area contributed by atoms with Gasteiger partial charge in [0, 0.05) is 24.3 Å². The Bertz CT molecular complexity index is 2640. The van der Waals surface area contributed by atoms with E-state index in [9.17, 15) is 19.2 Å². The van der Waals surface area contributed by atoms with E-state index < -0.39 is 55.2 Å². The van der Waals surface area contributed by atoms with Gasteiger partial charge in [0.1, 0.15) is 30.0 Å². The van der Waals surface area contributed by atoms with Gasteiger partial charge in [0.2, 0.25) is 0 Å². The predicted octanol–water partition coefficient (Wildman–Crippen LogP) is 6.36. The molecule has 2 atom stereocenters. The van der Waals surface area contributed by atoms with Gasteiger partial charge in [0.15, 0.2) is 42.1 Å². The number of ether oxygens (including phenoxy) is 3. The van der Waals surface area contributed by atoms with Gasteiger partial charge in [-0.3, -0.25) is 23.7 Å². The average molecular weight is 854 g/mol. The largest absolute Gasteiger partial charge is 0.519 e. The predicted molar refractivity (Wildman–Crippen MR) is 214 cm³/mol. The average Bonchev–Trinajstić information content (AvgIpc) is 3.87. The minimum absolute atomic E-state index is 0.0218. The summed E-state index contributed by atoms with van der Waals surface area (Å²) in [7, 11) is -2.39. The molecule has 5 heterocycles. The Kier molecular flexibility index (Phi) is 11.9. The van der Waals surface area contributed by atoms with E-state index in [0.717, 1.165) is 15.7 Å². The van der Waals surface area contributed by atoms with Crippen molar-refractivity contribution in [2.45, 2.75) is 131 Å². The van der Waals surface area contributed by atoms with Gasteiger partial charge in [-0.25, -0.2) is 14.6 Å². The number of benzene rings is 1. The van der Waals surface area contributed by atoms with Crippen LogP contribution in [0.15, 0.2) is 50.7 Å². The maximum Gasteiger partial charge on any atom is 0.519 e. The van der Waals surface area contributed by atoms with Crippen molar-refractivity contribution in [2.24, 2.45) is 4.99 Å². The summed E-state index contributed by atoms with van der Waals surface area (Å²) in [6.45, 7) is 21.8. The monoisotopic (exact) mass is 853 g/mol. The first-order chi connectivity index (χ1) is 27.9. The molecule has 5 aromatic rings. The molecule has 1 aromatic carbocycles. The van der Waals surface area contributed by atoms with Crippen LogP contribution in [0, 0.1) is 33.8 Å². The van der Waals surface area contributed by atoms with Crippen molar-refractivity contribution in [1.82, 2.24) is 19.1 Å². The van der Waals surface area contributed by atoms with Crippen LogP contribution in [0.4, 0.5) is 4.39 Å². The van der Waals surface area contributed by atoms with Crippen LogP contribution in [0.5, 0.6) is 5.75 Å². The third kappa shape index (κ3) is 9.17. The standard InChI is InChI=1S/C41H52FN5O12Si/c1-22-13-23(2)32(27(14-22)56-26(5)48)40(9,10)16-31(49)59-41(20-53-60(11,12)39(6,7)8)15-30(52-19-41)47-21-44-33-34(43-17-28-24(3)54-37(50)57-28)46(36(42)45-35(33)47)18-29-25(4)55-38(51)58-29/h13-14,21,30H,15-20H2,1-12H3/b43-34-/t30-,41?/m1/s1. The van der Waals surface area contributed by atoms with Gasteiger partial charge >= 0.3 is 23.6 Å². The number of hydrogen-bond acceptors (Lipinski definition) is 15. The smallest absolute Gasteiger partial charge is 0.454 e. The van der Waals surface area contributed by atoms with Crippen molar-refractivity contribution in [3.8, 4) is 5.75 Å². The minimum Gasteiger partial charge on any atom is -0.454 e. The number of nitrogens with zero attached hydrogens (tertiary/aromatic N) is 5. The molecule has 1 aliphatic heterocycles. The first kappa shape index (κ1) is 44.2.